The number of aromatic hydroxyl groups is 3. The number of piperazine rings is 1. The van der Waals surface area contributed by atoms with Gasteiger partial charge in [0.2, 0.25) is 23.6 Å². The van der Waals surface area contributed by atoms with E-state index in [0.717, 1.165) is 83.6 Å². The third-order valence-corrected chi connectivity index (χ3v) is 16.0. The Morgan fingerprint density at radius 2 is 1.45 bits per heavy atom. The van der Waals surface area contributed by atoms with Crippen molar-refractivity contribution in [3.63, 3.8) is 0 Å². The summed E-state index contributed by atoms with van der Waals surface area (Å²) in [6.45, 7) is 15.0. The van der Waals surface area contributed by atoms with Crippen molar-refractivity contribution in [3.05, 3.63) is 136 Å². The first-order chi connectivity index (χ1) is 40.1. The monoisotopic (exact) mass is 1150 g/mol. The average Bonchev–Trinajstić information content (AvgIpc) is 3.58. The predicted octanol–water partition coefficient (Wildman–Crippen LogP) is 9.24. The lowest BCUT2D eigenvalue weighted by atomic mass is 9.90. The second-order valence-corrected chi connectivity index (χ2v) is 23.6. The Morgan fingerprint density at radius 3 is 2.15 bits per heavy atom. The third-order valence-electron chi connectivity index (χ3n) is 16.0. The highest BCUT2D eigenvalue weighted by Gasteiger charge is 2.34. The SMILES string of the molecule is CC(C)c1cc(-c2nnc(C(=O)NCC(F)(F)F)n2-c2ccc(CC3CCN(Cc4ccc(CNC(=O)CCNc5nc6c(c(N7CCN(C(=O)C(C)(C)C)CC7)n5)CCN(c5cc(O)cc7ccccc57)C6)cc4)CC3)cc2)c(O)cc1O. The molecule has 21 heteroatoms. The Bertz CT molecular complexity index is 3510. The van der Waals surface area contributed by atoms with E-state index >= 15 is 0 Å². The standard InChI is InChI=1S/C63H73F3N12O6/c1-39(2)49-33-50(54(81)34-53(49)80)57-72-73-58(59(83)69-38-63(64,65)66)78(57)45-16-14-40(15-17-45)30-41-19-23-74(24-20-41)36-43-12-10-42(11-13-43)35-68-55(82)18-22-67-61-70-51-37-77(52-32-46(79)31-44-8-6-7-9-47(44)52)25-21-48(51)56(71-61)75-26-28-76(29-27-75)60(84)62(3,4)5/h6-17,31-34,39,41,79-81H,18-30,35-38H2,1-5H3,(H,68,82)(H,69,83)(H,67,70,71). The number of benzene rings is 5. The van der Waals surface area contributed by atoms with E-state index in [2.05, 4.69) is 53.7 Å². The second-order valence-electron chi connectivity index (χ2n) is 23.6. The summed E-state index contributed by atoms with van der Waals surface area (Å²) in [4.78, 5) is 58.5. The minimum atomic E-state index is -4.65. The number of aromatic nitrogens is 5. The van der Waals surface area contributed by atoms with Crippen molar-refractivity contribution in [1.82, 2.24) is 45.2 Å². The van der Waals surface area contributed by atoms with Gasteiger partial charge < -0.3 is 46.0 Å². The molecule has 7 aromatic rings. The van der Waals surface area contributed by atoms with Gasteiger partial charge in [0, 0.05) is 98.7 Å². The van der Waals surface area contributed by atoms with Crippen molar-refractivity contribution in [3.8, 4) is 34.3 Å². The number of carbonyl (C=O) groups excluding carboxylic acids is 3. The lowest BCUT2D eigenvalue weighted by molar-refractivity contribution is -0.139. The van der Waals surface area contributed by atoms with E-state index in [4.69, 9.17) is 9.97 Å². The Hall–Kier alpha value is -8.46. The molecule has 0 atom stereocenters. The number of carbonyl (C=O) groups is 3. The predicted molar refractivity (Wildman–Crippen MR) is 316 cm³/mol. The smallest absolute Gasteiger partial charge is 0.405 e. The minimum absolute atomic E-state index is 0.0236. The van der Waals surface area contributed by atoms with Gasteiger partial charge in [-0.05, 0) is 103 Å². The van der Waals surface area contributed by atoms with Crippen LogP contribution >= 0.6 is 0 Å². The number of likely N-dealkylation sites (tertiary alicyclic amines) is 1. The largest absolute Gasteiger partial charge is 0.508 e. The first-order valence-corrected chi connectivity index (χ1v) is 28.8. The molecule has 0 saturated carbocycles. The van der Waals surface area contributed by atoms with Crippen LogP contribution in [0.3, 0.4) is 0 Å². The molecule has 3 aliphatic heterocycles. The van der Waals surface area contributed by atoms with E-state index in [0.29, 0.717) is 81.9 Å². The van der Waals surface area contributed by atoms with E-state index in [1.807, 2.05) is 93.4 Å². The first-order valence-electron chi connectivity index (χ1n) is 28.8. The van der Waals surface area contributed by atoms with Crippen molar-refractivity contribution in [2.75, 3.05) is 74.0 Å². The van der Waals surface area contributed by atoms with Crippen LogP contribution in [0.25, 0.3) is 27.8 Å². The van der Waals surface area contributed by atoms with Crippen LogP contribution < -0.4 is 25.8 Å². The van der Waals surface area contributed by atoms with Crippen LogP contribution in [0.1, 0.15) is 104 Å². The summed E-state index contributed by atoms with van der Waals surface area (Å²) < 4.78 is 40.7. The molecule has 0 spiro atoms. The summed E-state index contributed by atoms with van der Waals surface area (Å²) in [6.07, 6.45) is -0.980. The Morgan fingerprint density at radius 1 is 0.750 bits per heavy atom. The van der Waals surface area contributed by atoms with E-state index < -0.39 is 29.9 Å². The van der Waals surface area contributed by atoms with Gasteiger partial charge in [0.15, 0.2) is 5.82 Å². The van der Waals surface area contributed by atoms with E-state index in [1.165, 1.54) is 22.3 Å². The number of alkyl halides is 3. The molecule has 2 aromatic heterocycles. The highest BCUT2D eigenvalue weighted by Crippen LogP contribution is 2.40. The molecule has 0 bridgehead atoms. The molecule has 0 unspecified atom stereocenters. The van der Waals surface area contributed by atoms with Crippen LogP contribution in [-0.2, 0) is 42.1 Å². The zero-order valence-electron chi connectivity index (χ0n) is 48.1. The molecule has 2 saturated heterocycles. The molecule has 5 aromatic carbocycles. The second kappa shape index (κ2) is 24.8. The van der Waals surface area contributed by atoms with E-state index in [-0.39, 0.29) is 52.8 Å². The molecule has 3 amide bonds. The fraction of sp³-hybridized carbons (Fsp3) is 0.413. The van der Waals surface area contributed by atoms with Gasteiger partial charge in [0.05, 0.1) is 17.8 Å². The number of anilines is 3. The summed E-state index contributed by atoms with van der Waals surface area (Å²) >= 11 is 0. The van der Waals surface area contributed by atoms with E-state index in [9.17, 15) is 42.9 Å². The molecule has 10 rings (SSSR count). The Balaban J connectivity index is 0.712. The Labute approximate surface area is 486 Å². The van der Waals surface area contributed by atoms with Crippen LogP contribution in [0.15, 0.2) is 97.1 Å². The van der Waals surface area contributed by atoms with Gasteiger partial charge in [-0.1, -0.05) is 95.3 Å². The highest BCUT2D eigenvalue weighted by atomic mass is 19.4. The normalized spacial score (nSPS) is 15.4. The molecule has 0 aliphatic carbocycles. The van der Waals surface area contributed by atoms with Gasteiger partial charge in [0.1, 0.15) is 29.6 Å². The van der Waals surface area contributed by atoms with Crippen LogP contribution in [0.5, 0.6) is 17.2 Å². The summed E-state index contributed by atoms with van der Waals surface area (Å²) in [6, 6.07) is 30.0. The molecule has 18 nitrogen and oxygen atoms in total. The summed E-state index contributed by atoms with van der Waals surface area (Å²) in [5, 5.41) is 50.5. The molecule has 84 heavy (non-hydrogen) atoms. The number of hydrogen-bond donors (Lipinski definition) is 6. The maximum Gasteiger partial charge on any atom is 0.405 e. The average molecular weight is 1150 g/mol. The van der Waals surface area contributed by atoms with Crippen LogP contribution in [0, 0.1) is 11.3 Å². The van der Waals surface area contributed by atoms with Crippen molar-refractivity contribution in [2.45, 2.75) is 98.5 Å². The number of piperidine rings is 1. The van der Waals surface area contributed by atoms with Crippen LogP contribution in [0.4, 0.5) is 30.6 Å². The van der Waals surface area contributed by atoms with Crippen molar-refractivity contribution >= 4 is 45.9 Å². The molecule has 3 aliphatic rings. The Kier molecular flexibility index (Phi) is 17.3. The maximum absolute atomic E-state index is 13.2. The van der Waals surface area contributed by atoms with Gasteiger partial charge in [-0.3, -0.25) is 23.9 Å². The number of amides is 3. The zero-order valence-corrected chi connectivity index (χ0v) is 48.1. The summed E-state index contributed by atoms with van der Waals surface area (Å²) in [5.74, 6) is -0.137. The van der Waals surface area contributed by atoms with Crippen molar-refractivity contribution in [2.24, 2.45) is 11.3 Å². The van der Waals surface area contributed by atoms with Gasteiger partial charge in [-0.2, -0.15) is 18.2 Å². The van der Waals surface area contributed by atoms with Crippen molar-refractivity contribution < 1.29 is 42.9 Å². The zero-order chi connectivity index (χ0) is 59.5. The molecule has 2 fully saturated rings. The number of nitrogens with zero attached hydrogens (tertiary/aromatic N) is 9. The molecular weight excluding hydrogens is 1080 g/mol. The van der Waals surface area contributed by atoms with Gasteiger partial charge in [-0.25, -0.2) is 4.98 Å². The fourth-order valence-electron chi connectivity index (χ4n) is 11.5. The lowest BCUT2D eigenvalue weighted by Crippen LogP contribution is -2.52. The number of halogens is 3. The summed E-state index contributed by atoms with van der Waals surface area (Å²) in [7, 11) is 0. The minimum Gasteiger partial charge on any atom is -0.508 e. The summed E-state index contributed by atoms with van der Waals surface area (Å²) in [5.41, 5.74) is 6.70. The van der Waals surface area contributed by atoms with Gasteiger partial charge >= 0.3 is 6.18 Å². The van der Waals surface area contributed by atoms with E-state index in [1.54, 1.807) is 18.2 Å². The number of hydrogen-bond acceptors (Lipinski definition) is 14. The van der Waals surface area contributed by atoms with Gasteiger partial charge in [0.25, 0.3) is 5.91 Å². The highest BCUT2D eigenvalue weighted by molar-refractivity contribution is 5.96. The number of phenols is 3. The third kappa shape index (κ3) is 13.8. The quantitative estimate of drug-likeness (QED) is 0.0501. The molecule has 6 N–H and O–H groups in total. The number of phenolic OH excluding ortho intramolecular Hbond substituents is 3. The number of nitrogens with one attached hydrogen (secondary N) is 3. The lowest BCUT2D eigenvalue weighted by Gasteiger charge is -2.40. The topological polar surface area (TPSA) is 217 Å². The fourth-order valence-corrected chi connectivity index (χ4v) is 11.5. The maximum atomic E-state index is 13.2. The van der Waals surface area contributed by atoms with Crippen molar-refractivity contribution in [1.29, 1.82) is 0 Å². The van der Waals surface area contributed by atoms with Crippen LogP contribution in [0.2, 0.25) is 0 Å². The van der Waals surface area contributed by atoms with Crippen LogP contribution in [-0.4, -0.2) is 133 Å². The molecule has 442 valence electrons. The number of fused-ring (bicyclic) bond motifs is 2. The molecule has 0 radical (unpaired) electrons. The van der Waals surface area contributed by atoms with Gasteiger partial charge in [-0.15, -0.1) is 10.2 Å². The molecular formula is C63H73F3N12O6. The first kappa shape index (κ1) is 58.7. The molecule has 5 heterocycles. The number of rotatable bonds is 17.